The minimum atomic E-state index is 0.157. The van der Waals surface area contributed by atoms with Crippen LogP contribution < -0.4 is 5.43 Å². The fourth-order valence-electron chi connectivity index (χ4n) is 2.07. The van der Waals surface area contributed by atoms with Crippen LogP contribution in [-0.4, -0.2) is 0 Å². The van der Waals surface area contributed by atoms with Crippen LogP contribution in [0, 0.1) is 0 Å². The summed E-state index contributed by atoms with van der Waals surface area (Å²) < 4.78 is 2.14. The lowest BCUT2D eigenvalue weighted by Crippen LogP contribution is -2.01. The van der Waals surface area contributed by atoms with Crippen LogP contribution in [0.1, 0.15) is 12.5 Å². The summed E-state index contributed by atoms with van der Waals surface area (Å²) in [7, 11) is 0. The summed E-state index contributed by atoms with van der Waals surface area (Å²) in [5.41, 5.74) is 1.38. The molecule has 0 atom stereocenters. The summed E-state index contributed by atoms with van der Waals surface area (Å²) >= 11 is 1.68. The Kier molecular flexibility index (Phi) is 2.45. The second-order valence-electron chi connectivity index (χ2n) is 4.11. The van der Waals surface area contributed by atoms with Gasteiger partial charge >= 0.3 is 0 Å². The van der Waals surface area contributed by atoms with Gasteiger partial charge in [0.05, 0.1) is 0 Å². The van der Waals surface area contributed by atoms with E-state index in [1.807, 2.05) is 30.3 Å². The molecule has 0 aliphatic carbocycles. The average molecular weight is 240 g/mol. The highest BCUT2D eigenvalue weighted by molar-refractivity contribution is 7.24. The van der Waals surface area contributed by atoms with Crippen molar-refractivity contribution in [3.05, 3.63) is 58.3 Å². The van der Waals surface area contributed by atoms with Crippen LogP contribution in [0.15, 0.2) is 47.3 Å². The van der Waals surface area contributed by atoms with Gasteiger partial charge in [-0.3, -0.25) is 4.79 Å². The van der Waals surface area contributed by atoms with E-state index in [4.69, 9.17) is 0 Å². The minimum absolute atomic E-state index is 0.157. The number of fused-ring (bicyclic) bond motifs is 2. The molecular formula is C15H12OS. The Morgan fingerprint density at radius 3 is 2.59 bits per heavy atom. The van der Waals surface area contributed by atoms with Gasteiger partial charge in [-0.15, -0.1) is 11.3 Å². The second kappa shape index (κ2) is 3.97. The van der Waals surface area contributed by atoms with Crippen LogP contribution in [0.3, 0.4) is 0 Å². The molecular weight excluding hydrogens is 228 g/mol. The first-order valence-electron chi connectivity index (χ1n) is 5.74. The zero-order valence-corrected chi connectivity index (χ0v) is 10.4. The van der Waals surface area contributed by atoms with Gasteiger partial charge in [-0.25, -0.2) is 0 Å². The predicted octanol–water partition coefficient (Wildman–Crippen LogP) is 3.98. The summed E-state index contributed by atoms with van der Waals surface area (Å²) in [5, 5.41) is 1.69. The van der Waals surface area contributed by atoms with Crippen molar-refractivity contribution in [2.24, 2.45) is 0 Å². The van der Waals surface area contributed by atoms with Crippen LogP contribution in [0.2, 0.25) is 0 Å². The Hall–Kier alpha value is -1.67. The van der Waals surface area contributed by atoms with Gasteiger partial charge in [0.15, 0.2) is 5.43 Å². The average Bonchev–Trinajstić information content (AvgIpc) is 2.39. The highest BCUT2D eigenvalue weighted by atomic mass is 32.1. The lowest BCUT2D eigenvalue weighted by molar-refractivity contribution is 1.15. The van der Waals surface area contributed by atoms with E-state index in [-0.39, 0.29) is 5.43 Å². The third-order valence-electron chi connectivity index (χ3n) is 3.05. The van der Waals surface area contributed by atoms with Crippen LogP contribution in [0.25, 0.3) is 20.2 Å². The highest BCUT2D eigenvalue weighted by Crippen LogP contribution is 2.25. The molecule has 0 amide bonds. The first-order chi connectivity index (χ1) is 8.29. The molecule has 0 N–H and O–H groups in total. The molecule has 1 nitrogen and oxygen atoms in total. The molecule has 3 rings (SSSR count). The summed E-state index contributed by atoms with van der Waals surface area (Å²) in [5.74, 6) is 0. The molecule has 0 saturated heterocycles. The summed E-state index contributed by atoms with van der Waals surface area (Å²) in [4.78, 5) is 12.4. The van der Waals surface area contributed by atoms with E-state index in [0.29, 0.717) is 0 Å². The highest BCUT2D eigenvalue weighted by Gasteiger charge is 2.05. The summed E-state index contributed by atoms with van der Waals surface area (Å²) in [6.07, 6.45) is 0.965. The Labute approximate surface area is 103 Å². The zero-order chi connectivity index (χ0) is 11.8. The SMILES string of the molecule is CCc1ccc2sc3ccccc3c(=O)c2c1. The molecule has 0 saturated carbocycles. The largest absolute Gasteiger partial charge is 0.289 e. The van der Waals surface area contributed by atoms with Crippen LogP contribution in [-0.2, 0) is 6.42 Å². The molecule has 0 bridgehead atoms. The smallest absolute Gasteiger partial charge is 0.195 e. The Balaban J connectivity index is 2.51. The molecule has 0 aliphatic heterocycles. The molecule has 1 heterocycles. The normalized spacial score (nSPS) is 11.1. The standard InChI is InChI=1S/C15H12OS/c1-2-10-7-8-14-12(9-10)15(16)11-5-3-4-6-13(11)17-14/h3-9H,2H2,1H3. The fourth-order valence-corrected chi connectivity index (χ4v) is 3.12. The van der Waals surface area contributed by atoms with Crippen LogP contribution in [0.5, 0.6) is 0 Å². The van der Waals surface area contributed by atoms with Crippen molar-refractivity contribution >= 4 is 31.5 Å². The maximum atomic E-state index is 12.4. The number of aryl methyl sites for hydroxylation is 1. The van der Waals surface area contributed by atoms with Gasteiger partial charge in [-0.1, -0.05) is 25.1 Å². The maximum Gasteiger partial charge on any atom is 0.195 e. The van der Waals surface area contributed by atoms with E-state index in [9.17, 15) is 4.79 Å². The van der Waals surface area contributed by atoms with Crippen molar-refractivity contribution in [2.75, 3.05) is 0 Å². The van der Waals surface area contributed by atoms with Gasteiger partial charge < -0.3 is 0 Å². The molecule has 2 heteroatoms. The third kappa shape index (κ3) is 1.65. The number of benzene rings is 2. The molecule has 0 aliphatic rings. The molecule has 17 heavy (non-hydrogen) atoms. The fraction of sp³-hybridized carbons (Fsp3) is 0.133. The topological polar surface area (TPSA) is 17.1 Å². The Bertz CT molecular complexity index is 756. The van der Waals surface area contributed by atoms with Gasteiger partial charge in [-0.05, 0) is 36.2 Å². The van der Waals surface area contributed by atoms with E-state index >= 15 is 0 Å². The second-order valence-corrected chi connectivity index (χ2v) is 5.20. The molecule has 0 spiro atoms. The van der Waals surface area contributed by atoms with E-state index in [2.05, 4.69) is 19.1 Å². The van der Waals surface area contributed by atoms with Gasteiger partial charge in [0, 0.05) is 20.2 Å². The lowest BCUT2D eigenvalue weighted by Gasteiger charge is -2.02. The lowest BCUT2D eigenvalue weighted by atomic mass is 10.1. The van der Waals surface area contributed by atoms with Gasteiger partial charge in [0.1, 0.15) is 0 Å². The molecule has 84 valence electrons. The predicted molar refractivity (Wildman–Crippen MR) is 75.0 cm³/mol. The van der Waals surface area contributed by atoms with E-state index in [1.54, 1.807) is 11.3 Å². The van der Waals surface area contributed by atoms with E-state index in [0.717, 1.165) is 26.6 Å². The molecule has 1 aromatic heterocycles. The van der Waals surface area contributed by atoms with Gasteiger partial charge in [-0.2, -0.15) is 0 Å². The van der Waals surface area contributed by atoms with Gasteiger partial charge in [0.2, 0.25) is 0 Å². The van der Waals surface area contributed by atoms with Crippen molar-refractivity contribution < 1.29 is 0 Å². The number of hydrogen-bond donors (Lipinski definition) is 0. The van der Waals surface area contributed by atoms with Crippen molar-refractivity contribution in [1.82, 2.24) is 0 Å². The number of hydrogen-bond acceptors (Lipinski definition) is 2. The monoisotopic (exact) mass is 240 g/mol. The third-order valence-corrected chi connectivity index (χ3v) is 4.20. The molecule has 0 unspecified atom stereocenters. The zero-order valence-electron chi connectivity index (χ0n) is 9.57. The molecule has 2 aromatic carbocycles. The van der Waals surface area contributed by atoms with Gasteiger partial charge in [0.25, 0.3) is 0 Å². The Morgan fingerprint density at radius 1 is 1.00 bits per heavy atom. The minimum Gasteiger partial charge on any atom is -0.289 e. The first-order valence-corrected chi connectivity index (χ1v) is 6.55. The van der Waals surface area contributed by atoms with Crippen LogP contribution in [0.4, 0.5) is 0 Å². The number of rotatable bonds is 1. The Morgan fingerprint density at radius 2 is 1.76 bits per heavy atom. The first kappa shape index (κ1) is 10.5. The van der Waals surface area contributed by atoms with Crippen molar-refractivity contribution in [1.29, 1.82) is 0 Å². The molecule has 0 radical (unpaired) electrons. The van der Waals surface area contributed by atoms with Crippen LogP contribution >= 0.6 is 11.3 Å². The summed E-state index contributed by atoms with van der Waals surface area (Å²) in [6, 6.07) is 14.0. The quantitative estimate of drug-likeness (QED) is 0.588. The summed E-state index contributed by atoms with van der Waals surface area (Å²) in [6.45, 7) is 2.11. The van der Waals surface area contributed by atoms with Crippen molar-refractivity contribution in [2.45, 2.75) is 13.3 Å². The maximum absolute atomic E-state index is 12.4. The van der Waals surface area contributed by atoms with Crippen molar-refractivity contribution in [3.63, 3.8) is 0 Å². The van der Waals surface area contributed by atoms with Crippen molar-refractivity contribution in [3.8, 4) is 0 Å². The van der Waals surface area contributed by atoms with E-state index in [1.165, 1.54) is 5.56 Å². The molecule has 3 aromatic rings. The van der Waals surface area contributed by atoms with E-state index < -0.39 is 0 Å². The molecule has 0 fully saturated rings.